The molecule has 1 fully saturated rings. The molecule has 1 unspecified atom stereocenters. The Kier molecular flexibility index (Phi) is 6.48. The van der Waals surface area contributed by atoms with Crippen LogP contribution in [-0.2, 0) is 17.5 Å². The number of nitrogens with one attached hydrogen (secondary N) is 1. The van der Waals surface area contributed by atoms with Crippen LogP contribution in [0.4, 0.5) is 18.9 Å². The number of hydrogen-bond acceptors (Lipinski definition) is 5. The number of halogens is 4. The second kappa shape index (κ2) is 9.30. The van der Waals surface area contributed by atoms with Crippen LogP contribution in [0.5, 0.6) is 0 Å². The molecule has 0 radical (unpaired) electrons. The maximum Gasteiger partial charge on any atom is 0.416 e. The lowest BCUT2D eigenvalue weighted by molar-refractivity contribution is -0.137. The summed E-state index contributed by atoms with van der Waals surface area (Å²) >= 11 is 5.90. The number of hydrogen-bond donors (Lipinski definition) is 1. The van der Waals surface area contributed by atoms with Gasteiger partial charge in [-0.1, -0.05) is 22.8 Å². The van der Waals surface area contributed by atoms with Gasteiger partial charge in [0.15, 0.2) is 0 Å². The molecule has 4 rings (SSSR count). The minimum Gasteiger partial charge on any atom is -0.338 e. The lowest BCUT2D eigenvalue weighted by atomic mass is 9.97. The molecule has 1 aromatic heterocycles. The molecule has 3 aromatic rings. The van der Waals surface area contributed by atoms with Crippen LogP contribution in [0.1, 0.15) is 24.3 Å². The Hall–Kier alpha value is -2.91. The van der Waals surface area contributed by atoms with Crippen molar-refractivity contribution in [1.29, 1.82) is 0 Å². The Labute approximate surface area is 187 Å². The van der Waals surface area contributed by atoms with E-state index >= 15 is 0 Å². The van der Waals surface area contributed by atoms with Crippen LogP contribution in [0.25, 0.3) is 11.4 Å². The highest BCUT2D eigenvalue weighted by Crippen LogP contribution is 2.31. The zero-order chi connectivity index (χ0) is 22.7. The second-order valence-electron chi connectivity index (χ2n) is 7.66. The number of nitrogens with zero attached hydrogens (tertiary/aromatic N) is 3. The SMILES string of the molecule is O=C(Nc1cccc(C(F)(F)F)c1)C1CCCN(Cc2nc(-c3ccc(Cl)cc3)no2)C1. The fourth-order valence-corrected chi connectivity index (χ4v) is 3.78. The lowest BCUT2D eigenvalue weighted by Gasteiger charge is -2.30. The van der Waals surface area contributed by atoms with Crippen LogP contribution in [0.3, 0.4) is 0 Å². The van der Waals surface area contributed by atoms with Crippen LogP contribution < -0.4 is 5.32 Å². The summed E-state index contributed by atoms with van der Waals surface area (Å²) in [7, 11) is 0. The number of likely N-dealkylation sites (tertiary alicyclic amines) is 1. The first-order valence-corrected chi connectivity index (χ1v) is 10.4. The number of aromatic nitrogens is 2. The van der Waals surface area contributed by atoms with Gasteiger partial charge in [-0.15, -0.1) is 0 Å². The molecule has 1 aliphatic rings. The van der Waals surface area contributed by atoms with Gasteiger partial charge in [-0.05, 0) is 61.9 Å². The topological polar surface area (TPSA) is 71.3 Å². The number of rotatable bonds is 5. The zero-order valence-corrected chi connectivity index (χ0v) is 17.7. The predicted molar refractivity (Wildman–Crippen MR) is 113 cm³/mol. The van der Waals surface area contributed by atoms with E-state index < -0.39 is 11.7 Å². The fraction of sp³-hybridized carbons (Fsp3) is 0.318. The van der Waals surface area contributed by atoms with Crippen LogP contribution in [0, 0.1) is 5.92 Å². The van der Waals surface area contributed by atoms with Gasteiger partial charge >= 0.3 is 6.18 Å². The molecule has 32 heavy (non-hydrogen) atoms. The first-order chi connectivity index (χ1) is 15.3. The van der Waals surface area contributed by atoms with E-state index in [2.05, 4.69) is 15.5 Å². The van der Waals surface area contributed by atoms with E-state index in [4.69, 9.17) is 16.1 Å². The van der Waals surface area contributed by atoms with Crippen molar-refractivity contribution in [2.45, 2.75) is 25.6 Å². The number of carbonyl (C=O) groups is 1. The van der Waals surface area contributed by atoms with Gasteiger partial charge in [0.05, 0.1) is 18.0 Å². The van der Waals surface area contributed by atoms with Crippen molar-refractivity contribution in [3.8, 4) is 11.4 Å². The molecule has 10 heteroatoms. The van der Waals surface area contributed by atoms with E-state index in [-0.39, 0.29) is 17.5 Å². The van der Waals surface area contributed by atoms with Gasteiger partial charge < -0.3 is 9.84 Å². The molecule has 1 amide bonds. The Morgan fingerprint density at radius 1 is 1.22 bits per heavy atom. The van der Waals surface area contributed by atoms with E-state index in [1.54, 1.807) is 24.3 Å². The first-order valence-electron chi connectivity index (χ1n) is 10.1. The third kappa shape index (κ3) is 5.46. The highest BCUT2D eigenvalue weighted by atomic mass is 35.5. The van der Waals surface area contributed by atoms with E-state index in [1.165, 1.54) is 12.1 Å². The summed E-state index contributed by atoms with van der Waals surface area (Å²) in [5.74, 6) is 0.222. The van der Waals surface area contributed by atoms with Crippen molar-refractivity contribution in [3.05, 3.63) is 65.0 Å². The standard InChI is InChI=1S/C22H20ClF3N4O2/c23-17-8-6-14(7-9-17)20-28-19(32-29-20)13-30-10-2-3-15(12-30)21(31)27-18-5-1-4-16(11-18)22(24,25)26/h1,4-9,11,15H,2-3,10,12-13H2,(H,27,31). The average molecular weight is 465 g/mol. The molecule has 1 N–H and O–H groups in total. The fourth-order valence-electron chi connectivity index (χ4n) is 3.66. The number of anilines is 1. The van der Waals surface area contributed by atoms with Crippen molar-refractivity contribution >= 4 is 23.2 Å². The maximum atomic E-state index is 12.9. The Morgan fingerprint density at radius 2 is 2.00 bits per heavy atom. The van der Waals surface area contributed by atoms with Gasteiger partial charge in [0.25, 0.3) is 0 Å². The van der Waals surface area contributed by atoms with Crippen molar-refractivity contribution in [3.63, 3.8) is 0 Å². The van der Waals surface area contributed by atoms with Gasteiger partial charge in [-0.25, -0.2) is 0 Å². The van der Waals surface area contributed by atoms with E-state index in [9.17, 15) is 18.0 Å². The summed E-state index contributed by atoms with van der Waals surface area (Å²) < 4.78 is 44.0. The molecule has 0 aliphatic carbocycles. The summed E-state index contributed by atoms with van der Waals surface area (Å²) in [5, 5.41) is 7.21. The molecule has 1 saturated heterocycles. The molecule has 6 nitrogen and oxygen atoms in total. The molecule has 0 saturated carbocycles. The van der Waals surface area contributed by atoms with Crippen LogP contribution in [0.15, 0.2) is 53.1 Å². The molecule has 2 aromatic carbocycles. The maximum absolute atomic E-state index is 12.9. The molecular formula is C22H20ClF3N4O2. The van der Waals surface area contributed by atoms with Gasteiger partial charge in [0.1, 0.15) is 0 Å². The number of benzene rings is 2. The Bertz CT molecular complexity index is 1090. The molecular weight excluding hydrogens is 445 g/mol. The highest BCUT2D eigenvalue weighted by Gasteiger charge is 2.31. The van der Waals surface area contributed by atoms with E-state index in [0.29, 0.717) is 36.2 Å². The third-order valence-electron chi connectivity index (χ3n) is 5.26. The van der Waals surface area contributed by atoms with Crippen molar-refractivity contribution in [2.75, 3.05) is 18.4 Å². The highest BCUT2D eigenvalue weighted by molar-refractivity contribution is 6.30. The Morgan fingerprint density at radius 3 is 2.75 bits per heavy atom. The van der Waals surface area contributed by atoms with Crippen LogP contribution in [0.2, 0.25) is 5.02 Å². The third-order valence-corrected chi connectivity index (χ3v) is 5.52. The molecule has 1 aliphatic heterocycles. The summed E-state index contributed by atoms with van der Waals surface area (Å²) in [6.45, 7) is 1.59. The Balaban J connectivity index is 1.36. The van der Waals surface area contributed by atoms with E-state index in [0.717, 1.165) is 30.7 Å². The van der Waals surface area contributed by atoms with Crippen molar-refractivity contribution < 1.29 is 22.5 Å². The zero-order valence-electron chi connectivity index (χ0n) is 16.9. The number of carbonyl (C=O) groups excluding carboxylic acids is 1. The lowest BCUT2D eigenvalue weighted by Crippen LogP contribution is -2.40. The monoisotopic (exact) mass is 464 g/mol. The molecule has 168 valence electrons. The molecule has 0 bridgehead atoms. The van der Waals surface area contributed by atoms with Gasteiger partial charge in [0.2, 0.25) is 17.6 Å². The van der Waals surface area contributed by atoms with E-state index in [1.807, 2.05) is 4.90 Å². The number of amides is 1. The average Bonchev–Trinajstić information content (AvgIpc) is 3.22. The minimum atomic E-state index is -4.46. The minimum absolute atomic E-state index is 0.131. The van der Waals surface area contributed by atoms with Gasteiger partial charge in [-0.2, -0.15) is 18.2 Å². The number of alkyl halides is 3. The summed E-state index contributed by atoms with van der Waals surface area (Å²) in [6.07, 6.45) is -3.03. The quantitative estimate of drug-likeness (QED) is 0.557. The van der Waals surface area contributed by atoms with Crippen LogP contribution >= 0.6 is 11.6 Å². The predicted octanol–water partition coefficient (Wildman–Crippen LogP) is 5.26. The van der Waals surface area contributed by atoms with Gasteiger partial charge in [-0.3, -0.25) is 9.69 Å². The molecule has 2 heterocycles. The van der Waals surface area contributed by atoms with Crippen molar-refractivity contribution in [1.82, 2.24) is 15.0 Å². The van der Waals surface area contributed by atoms with Gasteiger partial charge in [0, 0.05) is 22.8 Å². The normalized spacial score (nSPS) is 17.3. The number of piperidine rings is 1. The van der Waals surface area contributed by atoms with Crippen molar-refractivity contribution in [2.24, 2.45) is 5.92 Å². The second-order valence-corrected chi connectivity index (χ2v) is 8.10. The van der Waals surface area contributed by atoms with Crippen LogP contribution in [-0.4, -0.2) is 34.0 Å². The largest absolute Gasteiger partial charge is 0.416 e. The summed E-state index contributed by atoms with van der Waals surface area (Å²) in [6, 6.07) is 11.7. The summed E-state index contributed by atoms with van der Waals surface area (Å²) in [4.78, 5) is 19.1. The smallest absolute Gasteiger partial charge is 0.338 e. The molecule has 1 atom stereocenters. The molecule has 0 spiro atoms. The summed E-state index contributed by atoms with van der Waals surface area (Å²) in [5.41, 5.74) is 0.112. The first kappa shape index (κ1) is 22.3.